The van der Waals surface area contributed by atoms with E-state index < -0.39 is 27.9 Å². The first-order valence-electron chi connectivity index (χ1n) is 5.08. The van der Waals surface area contributed by atoms with Gasteiger partial charge in [0.15, 0.2) is 5.82 Å². The van der Waals surface area contributed by atoms with Gasteiger partial charge < -0.3 is 10.4 Å². The molecule has 1 heterocycles. The van der Waals surface area contributed by atoms with E-state index in [-0.39, 0.29) is 5.56 Å². The maximum absolute atomic E-state index is 13.8. The fraction of sp³-hybridized carbons (Fsp3) is 0.455. The second-order valence-corrected chi connectivity index (χ2v) is 4.62. The van der Waals surface area contributed by atoms with Crippen LogP contribution < -0.4 is 5.32 Å². The topological polar surface area (TPSA) is 32.3 Å². The molecule has 0 radical (unpaired) electrons. The molecule has 88 valence electrons. The van der Waals surface area contributed by atoms with Crippen molar-refractivity contribution in [1.82, 2.24) is 5.32 Å². The monoisotopic (exact) mass is 247 g/mol. The van der Waals surface area contributed by atoms with Gasteiger partial charge in [-0.15, -0.1) is 0 Å². The van der Waals surface area contributed by atoms with Gasteiger partial charge in [0.2, 0.25) is 0 Å². The van der Waals surface area contributed by atoms with Crippen molar-refractivity contribution < 1.29 is 13.9 Å². The van der Waals surface area contributed by atoms with Crippen LogP contribution in [0.4, 0.5) is 8.78 Å². The van der Waals surface area contributed by atoms with Gasteiger partial charge in [0.05, 0.1) is 0 Å². The van der Waals surface area contributed by atoms with Crippen LogP contribution in [0.3, 0.4) is 0 Å². The van der Waals surface area contributed by atoms with Crippen LogP contribution in [-0.2, 0) is 5.54 Å². The zero-order chi connectivity index (χ0) is 11.9. The smallest absolute Gasteiger partial charge is 0.153 e. The Balaban J connectivity index is 2.60. The minimum absolute atomic E-state index is 0.0900. The van der Waals surface area contributed by atoms with Gasteiger partial charge in [0.1, 0.15) is 16.6 Å². The van der Waals surface area contributed by atoms with Crippen molar-refractivity contribution in [2.45, 2.75) is 25.3 Å². The highest BCUT2D eigenvalue weighted by atomic mass is 35.5. The molecule has 1 saturated heterocycles. The molecule has 0 saturated carbocycles. The van der Waals surface area contributed by atoms with Crippen LogP contribution in [0.2, 0.25) is 5.02 Å². The highest BCUT2D eigenvalue weighted by Gasteiger charge is 2.36. The summed E-state index contributed by atoms with van der Waals surface area (Å²) in [7, 11) is 0. The predicted octanol–water partition coefficient (Wildman–Crippen LogP) is 2.92. The number of phenolic OH excluding ortho intramolecular Hbond substituents is 1. The van der Waals surface area contributed by atoms with Gasteiger partial charge in [0.25, 0.3) is 0 Å². The highest BCUT2D eigenvalue weighted by molar-refractivity contribution is 6.32. The molecule has 1 atom stereocenters. The molecule has 5 heteroatoms. The minimum Gasteiger partial charge on any atom is -0.506 e. The second-order valence-electron chi connectivity index (χ2n) is 4.24. The van der Waals surface area contributed by atoms with Crippen molar-refractivity contribution in [3.05, 3.63) is 28.3 Å². The molecule has 2 nitrogen and oxygen atoms in total. The molecule has 1 aliphatic rings. The molecule has 16 heavy (non-hydrogen) atoms. The Morgan fingerprint density at radius 1 is 1.50 bits per heavy atom. The van der Waals surface area contributed by atoms with Crippen molar-refractivity contribution in [2.75, 3.05) is 6.54 Å². The fourth-order valence-corrected chi connectivity index (χ4v) is 2.35. The van der Waals surface area contributed by atoms with E-state index >= 15 is 0 Å². The van der Waals surface area contributed by atoms with Crippen molar-refractivity contribution in [1.29, 1.82) is 0 Å². The number of halogens is 3. The maximum atomic E-state index is 13.8. The van der Waals surface area contributed by atoms with E-state index in [4.69, 9.17) is 11.6 Å². The summed E-state index contributed by atoms with van der Waals surface area (Å²) in [5.41, 5.74) is -0.835. The molecule has 1 unspecified atom stereocenters. The average Bonchev–Trinajstić information content (AvgIpc) is 2.62. The molecule has 0 spiro atoms. The van der Waals surface area contributed by atoms with E-state index in [1.54, 1.807) is 6.92 Å². The van der Waals surface area contributed by atoms with Crippen LogP contribution in [0.1, 0.15) is 25.3 Å². The van der Waals surface area contributed by atoms with Gasteiger partial charge in [-0.1, -0.05) is 11.6 Å². The quantitative estimate of drug-likeness (QED) is 0.748. The number of hydrogen-bond acceptors (Lipinski definition) is 2. The first-order chi connectivity index (χ1) is 7.46. The van der Waals surface area contributed by atoms with Crippen LogP contribution in [0.25, 0.3) is 0 Å². The van der Waals surface area contributed by atoms with Gasteiger partial charge in [-0.25, -0.2) is 8.78 Å². The number of nitrogens with one attached hydrogen (secondary N) is 1. The SMILES string of the molecule is CC1(c2c(F)cc(O)c(Cl)c2F)CCCN1. The van der Waals surface area contributed by atoms with Crippen molar-refractivity contribution in [3.63, 3.8) is 0 Å². The highest BCUT2D eigenvalue weighted by Crippen LogP contribution is 2.39. The van der Waals surface area contributed by atoms with Gasteiger partial charge >= 0.3 is 0 Å². The predicted molar refractivity (Wildman–Crippen MR) is 57.6 cm³/mol. The molecule has 0 aromatic heterocycles. The number of benzene rings is 1. The van der Waals surface area contributed by atoms with Crippen LogP contribution in [0, 0.1) is 11.6 Å². The van der Waals surface area contributed by atoms with E-state index in [1.165, 1.54) is 0 Å². The van der Waals surface area contributed by atoms with E-state index in [9.17, 15) is 13.9 Å². The number of aromatic hydroxyl groups is 1. The standard InChI is InChI=1S/C11H12ClF2NO/c1-11(3-2-4-15-11)8-6(13)5-7(16)9(12)10(8)14/h5,15-16H,2-4H2,1H3. The zero-order valence-electron chi connectivity index (χ0n) is 8.78. The van der Waals surface area contributed by atoms with Gasteiger partial charge in [-0.05, 0) is 26.3 Å². The summed E-state index contributed by atoms with van der Waals surface area (Å²) in [6.45, 7) is 2.45. The third-order valence-corrected chi connectivity index (χ3v) is 3.42. The zero-order valence-corrected chi connectivity index (χ0v) is 9.54. The molecular weight excluding hydrogens is 236 g/mol. The van der Waals surface area contributed by atoms with Gasteiger partial charge in [-0.2, -0.15) is 0 Å². The lowest BCUT2D eigenvalue weighted by Gasteiger charge is -2.26. The van der Waals surface area contributed by atoms with Crippen LogP contribution in [0.5, 0.6) is 5.75 Å². The number of phenols is 1. The molecule has 1 aliphatic heterocycles. The lowest BCUT2D eigenvalue weighted by molar-refractivity contribution is 0.380. The Labute approximate surface area is 97.2 Å². The molecule has 1 fully saturated rings. The molecule has 1 aromatic carbocycles. The molecule has 2 rings (SSSR count). The first-order valence-corrected chi connectivity index (χ1v) is 5.45. The van der Waals surface area contributed by atoms with E-state index in [1.807, 2.05) is 0 Å². The Hall–Kier alpha value is -0.870. The summed E-state index contributed by atoms with van der Waals surface area (Å²) in [6.07, 6.45) is 1.50. The van der Waals surface area contributed by atoms with Crippen LogP contribution in [-0.4, -0.2) is 11.7 Å². The summed E-state index contributed by atoms with van der Waals surface area (Å²) in [4.78, 5) is 0. The lowest BCUT2D eigenvalue weighted by atomic mass is 9.89. The Bertz CT molecular complexity index is 430. The summed E-state index contributed by atoms with van der Waals surface area (Å²) < 4.78 is 27.5. The van der Waals surface area contributed by atoms with E-state index in [0.717, 1.165) is 12.5 Å². The van der Waals surface area contributed by atoms with Crippen molar-refractivity contribution >= 4 is 11.6 Å². The molecule has 1 aromatic rings. The summed E-state index contributed by atoms with van der Waals surface area (Å²) in [5.74, 6) is -2.21. The third kappa shape index (κ3) is 1.66. The van der Waals surface area contributed by atoms with Crippen molar-refractivity contribution in [2.24, 2.45) is 0 Å². The number of hydrogen-bond donors (Lipinski definition) is 2. The number of rotatable bonds is 1. The first kappa shape index (κ1) is 11.6. The molecule has 0 amide bonds. The summed E-state index contributed by atoms with van der Waals surface area (Å²) in [6, 6.07) is 0.853. The lowest BCUT2D eigenvalue weighted by Crippen LogP contribution is -2.35. The average molecular weight is 248 g/mol. The van der Waals surface area contributed by atoms with Crippen LogP contribution in [0.15, 0.2) is 6.07 Å². The summed E-state index contributed by atoms with van der Waals surface area (Å²) >= 11 is 5.58. The molecule has 2 N–H and O–H groups in total. The normalized spacial score (nSPS) is 25.0. The Morgan fingerprint density at radius 2 is 2.19 bits per heavy atom. The minimum atomic E-state index is -0.879. The largest absolute Gasteiger partial charge is 0.506 e. The van der Waals surface area contributed by atoms with E-state index in [0.29, 0.717) is 13.0 Å². The third-order valence-electron chi connectivity index (χ3n) is 3.06. The molecule has 0 bridgehead atoms. The van der Waals surface area contributed by atoms with Gasteiger partial charge in [-0.3, -0.25) is 0 Å². The van der Waals surface area contributed by atoms with Gasteiger partial charge in [0, 0.05) is 17.2 Å². The fourth-order valence-electron chi connectivity index (χ4n) is 2.20. The van der Waals surface area contributed by atoms with Crippen LogP contribution >= 0.6 is 11.6 Å². The Kier molecular flexibility index (Phi) is 2.80. The maximum Gasteiger partial charge on any atom is 0.153 e. The second kappa shape index (κ2) is 3.86. The Morgan fingerprint density at radius 3 is 2.75 bits per heavy atom. The molecular formula is C11H12ClF2NO. The summed E-state index contributed by atoms with van der Waals surface area (Å²) in [5, 5.41) is 11.8. The van der Waals surface area contributed by atoms with Crippen molar-refractivity contribution in [3.8, 4) is 5.75 Å². The molecule has 0 aliphatic carbocycles. The van der Waals surface area contributed by atoms with E-state index in [2.05, 4.69) is 5.32 Å².